The van der Waals surface area contributed by atoms with Gasteiger partial charge in [0.25, 0.3) is 0 Å². The van der Waals surface area contributed by atoms with Crippen LogP contribution in [-0.2, 0) is 23.9 Å². The number of methoxy groups -OCH3 is 1. The van der Waals surface area contributed by atoms with E-state index in [2.05, 4.69) is 15.4 Å². The Bertz CT molecular complexity index is 701. The molecule has 0 radical (unpaired) electrons. The summed E-state index contributed by atoms with van der Waals surface area (Å²) in [6.45, 7) is 0. The molecule has 26 heavy (non-hydrogen) atoms. The second-order valence-electron chi connectivity index (χ2n) is 5.28. The predicted octanol–water partition coefficient (Wildman–Crippen LogP) is -0.178. The third-order valence-corrected chi connectivity index (χ3v) is 3.29. The second-order valence-corrected chi connectivity index (χ2v) is 5.28. The van der Waals surface area contributed by atoms with Crippen LogP contribution < -0.4 is 16.4 Å². The molecule has 0 aliphatic carbocycles. The number of esters is 1. The molecule has 0 heterocycles. The number of nitrogens with one attached hydrogen (secondary N) is 3. The van der Waals surface area contributed by atoms with Crippen molar-refractivity contribution in [2.24, 2.45) is 5.73 Å². The fraction of sp³-hybridized carbons (Fsp3) is 0.312. The lowest BCUT2D eigenvalue weighted by Gasteiger charge is -2.13. The highest BCUT2D eigenvalue weighted by atomic mass is 16.5. The van der Waals surface area contributed by atoms with Crippen molar-refractivity contribution in [3.8, 4) is 0 Å². The zero-order valence-corrected chi connectivity index (χ0v) is 14.1. The first-order chi connectivity index (χ1) is 12.2. The number of carbonyl (C=O) groups excluding carboxylic acids is 3. The van der Waals surface area contributed by atoms with Crippen molar-refractivity contribution < 1.29 is 29.0 Å². The molecule has 1 aromatic rings. The maximum Gasteiger partial charge on any atom is 0.326 e. The number of carboxylic acid groups (broad SMARTS) is 1. The summed E-state index contributed by atoms with van der Waals surface area (Å²) in [5.41, 5.74) is 6.30. The van der Waals surface area contributed by atoms with Crippen molar-refractivity contribution in [3.05, 3.63) is 29.8 Å². The molecule has 0 fully saturated rings. The van der Waals surface area contributed by atoms with Crippen molar-refractivity contribution >= 4 is 35.3 Å². The molecule has 10 heteroatoms. The Morgan fingerprint density at radius 1 is 1.15 bits per heavy atom. The number of hydrogen-bond acceptors (Lipinski definition) is 6. The number of aliphatic carboxylic acids is 1. The summed E-state index contributed by atoms with van der Waals surface area (Å²) >= 11 is 0. The fourth-order valence-electron chi connectivity index (χ4n) is 1.90. The molecule has 140 valence electrons. The molecule has 0 aromatic heterocycles. The van der Waals surface area contributed by atoms with Crippen molar-refractivity contribution in [2.45, 2.75) is 25.3 Å². The van der Waals surface area contributed by atoms with Crippen LogP contribution in [0.2, 0.25) is 0 Å². The Morgan fingerprint density at radius 2 is 1.73 bits per heavy atom. The van der Waals surface area contributed by atoms with Gasteiger partial charge < -0.3 is 26.2 Å². The first kappa shape index (κ1) is 20.6. The number of anilines is 1. The molecule has 1 atom stereocenters. The van der Waals surface area contributed by atoms with Gasteiger partial charge in [-0.05, 0) is 24.3 Å². The molecule has 2 amide bonds. The lowest BCUT2D eigenvalue weighted by molar-refractivity contribution is -0.148. The van der Waals surface area contributed by atoms with E-state index in [0.29, 0.717) is 11.3 Å². The monoisotopic (exact) mass is 364 g/mol. The van der Waals surface area contributed by atoms with Gasteiger partial charge in [0.05, 0.1) is 13.5 Å². The van der Waals surface area contributed by atoms with Gasteiger partial charge in [-0.15, -0.1) is 0 Å². The number of nitrogen functional groups attached to an aromatic ring is 1. The van der Waals surface area contributed by atoms with Crippen LogP contribution in [0.5, 0.6) is 0 Å². The molecule has 0 saturated carbocycles. The van der Waals surface area contributed by atoms with Gasteiger partial charge in [0.15, 0.2) is 0 Å². The van der Waals surface area contributed by atoms with Crippen LogP contribution in [0.4, 0.5) is 5.69 Å². The normalized spacial score (nSPS) is 11.1. The van der Waals surface area contributed by atoms with E-state index in [1.807, 2.05) is 0 Å². The molecule has 10 nitrogen and oxygen atoms in total. The Hall–Kier alpha value is -3.43. The standard InChI is InChI=1S/C16H20N4O6/c1-26-14(23)8-11(16(24)25)20-13(22)7-6-12(21)19-10-4-2-9(3-5-10)15(17)18/h2-5,11H,6-8H2,1H3,(H3,17,18)(H,19,21)(H,20,22)(H,24,25). The van der Waals surface area contributed by atoms with E-state index in [1.54, 1.807) is 24.3 Å². The summed E-state index contributed by atoms with van der Waals surface area (Å²) in [7, 11) is 1.11. The number of ether oxygens (including phenoxy) is 1. The van der Waals surface area contributed by atoms with E-state index in [1.165, 1.54) is 0 Å². The van der Waals surface area contributed by atoms with E-state index in [4.69, 9.17) is 16.2 Å². The molecule has 0 aliphatic rings. The number of carboxylic acids is 1. The summed E-state index contributed by atoms with van der Waals surface area (Å²) in [5, 5.41) is 21.0. The maximum atomic E-state index is 11.8. The molecule has 0 saturated heterocycles. The van der Waals surface area contributed by atoms with Crippen LogP contribution in [-0.4, -0.2) is 47.8 Å². The Morgan fingerprint density at radius 3 is 2.23 bits per heavy atom. The first-order valence-corrected chi connectivity index (χ1v) is 7.56. The van der Waals surface area contributed by atoms with Crippen LogP contribution in [0, 0.1) is 5.41 Å². The molecule has 1 rings (SSSR count). The number of amides is 2. The molecular formula is C16H20N4O6. The minimum Gasteiger partial charge on any atom is -0.480 e. The highest BCUT2D eigenvalue weighted by molar-refractivity contribution is 5.97. The van der Waals surface area contributed by atoms with Gasteiger partial charge in [-0.25, -0.2) is 4.79 Å². The molecule has 0 aliphatic heterocycles. The van der Waals surface area contributed by atoms with E-state index >= 15 is 0 Å². The zero-order valence-electron chi connectivity index (χ0n) is 14.1. The molecular weight excluding hydrogens is 344 g/mol. The van der Waals surface area contributed by atoms with Gasteiger partial charge in [-0.1, -0.05) is 0 Å². The Kier molecular flexibility index (Phi) is 7.74. The SMILES string of the molecule is COC(=O)CC(NC(=O)CCC(=O)Nc1ccc(C(=N)N)cc1)C(=O)O. The van der Waals surface area contributed by atoms with Crippen molar-refractivity contribution in [2.75, 3.05) is 12.4 Å². The molecule has 6 N–H and O–H groups in total. The smallest absolute Gasteiger partial charge is 0.326 e. The van der Waals surface area contributed by atoms with E-state index in [0.717, 1.165) is 7.11 Å². The van der Waals surface area contributed by atoms with Gasteiger partial charge in [-0.3, -0.25) is 19.8 Å². The van der Waals surface area contributed by atoms with Crippen molar-refractivity contribution in [3.63, 3.8) is 0 Å². The van der Waals surface area contributed by atoms with Gasteiger partial charge >= 0.3 is 11.9 Å². The summed E-state index contributed by atoms with van der Waals surface area (Å²) in [5.74, 6) is -3.37. The van der Waals surface area contributed by atoms with Crippen LogP contribution >= 0.6 is 0 Å². The van der Waals surface area contributed by atoms with Gasteiger partial charge in [0, 0.05) is 24.1 Å². The second kappa shape index (κ2) is 9.77. The summed E-state index contributed by atoms with van der Waals surface area (Å²) in [6, 6.07) is 4.83. The number of nitrogens with two attached hydrogens (primary N) is 1. The van der Waals surface area contributed by atoms with Crippen LogP contribution in [0.15, 0.2) is 24.3 Å². The lowest BCUT2D eigenvalue weighted by Crippen LogP contribution is -2.42. The average Bonchev–Trinajstić information content (AvgIpc) is 2.59. The van der Waals surface area contributed by atoms with Gasteiger partial charge in [0.1, 0.15) is 11.9 Å². The number of amidine groups is 1. The van der Waals surface area contributed by atoms with Gasteiger partial charge in [0.2, 0.25) is 11.8 Å². The van der Waals surface area contributed by atoms with Gasteiger partial charge in [-0.2, -0.15) is 0 Å². The lowest BCUT2D eigenvalue weighted by atomic mass is 10.1. The zero-order chi connectivity index (χ0) is 19.7. The summed E-state index contributed by atoms with van der Waals surface area (Å²) in [6.07, 6.45) is -0.931. The molecule has 1 aromatic carbocycles. The quantitative estimate of drug-likeness (QED) is 0.230. The molecule has 0 bridgehead atoms. The average molecular weight is 364 g/mol. The largest absolute Gasteiger partial charge is 0.480 e. The number of rotatable bonds is 9. The topological polar surface area (TPSA) is 172 Å². The Balaban J connectivity index is 2.47. The van der Waals surface area contributed by atoms with Crippen LogP contribution in [0.1, 0.15) is 24.8 Å². The number of hydrogen-bond donors (Lipinski definition) is 5. The number of benzene rings is 1. The molecule has 1 unspecified atom stereocenters. The van der Waals surface area contributed by atoms with Crippen LogP contribution in [0.25, 0.3) is 0 Å². The third-order valence-electron chi connectivity index (χ3n) is 3.29. The van der Waals surface area contributed by atoms with Crippen molar-refractivity contribution in [1.29, 1.82) is 5.41 Å². The Labute approximate surface area is 149 Å². The number of carbonyl (C=O) groups is 4. The first-order valence-electron chi connectivity index (χ1n) is 7.56. The fourth-order valence-corrected chi connectivity index (χ4v) is 1.90. The highest BCUT2D eigenvalue weighted by Gasteiger charge is 2.23. The predicted molar refractivity (Wildman–Crippen MR) is 91.5 cm³/mol. The van der Waals surface area contributed by atoms with E-state index < -0.39 is 36.2 Å². The van der Waals surface area contributed by atoms with E-state index in [9.17, 15) is 19.2 Å². The minimum absolute atomic E-state index is 0.0977. The third kappa shape index (κ3) is 6.99. The van der Waals surface area contributed by atoms with E-state index in [-0.39, 0.29) is 18.7 Å². The maximum absolute atomic E-state index is 11.8. The summed E-state index contributed by atoms with van der Waals surface area (Å²) < 4.78 is 4.36. The van der Waals surface area contributed by atoms with Crippen LogP contribution in [0.3, 0.4) is 0 Å². The molecule has 0 spiro atoms. The van der Waals surface area contributed by atoms with Crippen molar-refractivity contribution in [1.82, 2.24) is 5.32 Å². The summed E-state index contributed by atoms with van der Waals surface area (Å²) in [4.78, 5) is 45.7. The minimum atomic E-state index is -1.42. The highest BCUT2D eigenvalue weighted by Crippen LogP contribution is 2.10.